The second-order valence-electron chi connectivity index (χ2n) is 3.42. The highest BCUT2D eigenvalue weighted by atomic mass is 19.1. The van der Waals surface area contributed by atoms with Gasteiger partial charge in [-0.05, 0) is 30.2 Å². The van der Waals surface area contributed by atoms with Crippen LogP contribution in [0.1, 0.15) is 18.4 Å². The monoisotopic (exact) mass is 208 g/mol. The zero-order valence-corrected chi connectivity index (χ0v) is 8.00. The van der Waals surface area contributed by atoms with E-state index in [0.29, 0.717) is 12.0 Å². The summed E-state index contributed by atoms with van der Waals surface area (Å²) in [6.07, 6.45) is 2.02. The van der Waals surface area contributed by atoms with Crippen LogP contribution >= 0.6 is 0 Å². The standard InChI is InChI=1S/C12H10F2O/c13-10-2-1-3-11(14)12(10)8-4-6-9(15)7-5-8/h2,4-7,15H,1,3H2. The predicted octanol–water partition coefficient (Wildman–Crippen LogP) is 3.72. The van der Waals surface area contributed by atoms with E-state index in [9.17, 15) is 8.78 Å². The third-order valence-electron chi connectivity index (χ3n) is 2.35. The summed E-state index contributed by atoms with van der Waals surface area (Å²) in [6.45, 7) is 0. The van der Waals surface area contributed by atoms with Crippen molar-refractivity contribution in [2.45, 2.75) is 12.8 Å². The largest absolute Gasteiger partial charge is 0.508 e. The smallest absolute Gasteiger partial charge is 0.129 e. The van der Waals surface area contributed by atoms with Gasteiger partial charge in [0.15, 0.2) is 0 Å². The normalized spacial score (nSPS) is 16.5. The molecule has 1 aliphatic carbocycles. The minimum atomic E-state index is -0.524. The summed E-state index contributed by atoms with van der Waals surface area (Å²) < 4.78 is 26.8. The molecule has 2 rings (SSSR count). The molecular formula is C12H10F2O. The number of phenols is 1. The van der Waals surface area contributed by atoms with E-state index in [2.05, 4.69) is 0 Å². The summed E-state index contributed by atoms with van der Waals surface area (Å²) in [6, 6.07) is 5.83. The molecule has 0 atom stereocenters. The molecule has 3 heteroatoms. The molecule has 0 spiro atoms. The maximum atomic E-state index is 13.4. The van der Waals surface area contributed by atoms with Crippen LogP contribution in [-0.4, -0.2) is 5.11 Å². The predicted molar refractivity (Wildman–Crippen MR) is 54.6 cm³/mol. The van der Waals surface area contributed by atoms with Gasteiger partial charge in [-0.3, -0.25) is 0 Å². The van der Waals surface area contributed by atoms with E-state index < -0.39 is 11.7 Å². The quantitative estimate of drug-likeness (QED) is 0.745. The third-order valence-corrected chi connectivity index (χ3v) is 2.35. The van der Waals surface area contributed by atoms with Gasteiger partial charge < -0.3 is 5.11 Å². The Morgan fingerprint density at radius 3 is 2.33 bits per heavy atom. The lowest BCUT2D eigenvalue weighted by atomic mass is 9.97. The number of rotatable bonds is 1. The fraction of sp³-hybridized carbons (Fsp3) is 0.167. The average Bonchev–Trinajstić information content (AvgIpc) is 2.20. The van der Waals surface area contributed by atoms with Crippen molar-refractivity contribution in [1.29, 1.82) is 0 Å². The van der Waals surface area contributed by atoms with Gasteiger partial charge in [-0.25, -0.2) is 8.78 Å². The number of hydrogen-bond donors (Lipinski definition) is 1. The first-order valence-electron chi connectivity index (χ1n) is 4.72. The van der Waals surface area contributed by atoms with Crippen molar-refractivity contribution in [2.75, 3.05) is 0 Å². The van der Waals surface area contributed by atoms with E-state index >= 15 is 0 Å². The third kappa shape index (κ3) is 1.91. The van der Waals surface area contributed by atoms with Crippen molar-refractivity contribution in [2.24, 2.45) is 0 Å². The van der Waals surface area contributed by atoms with Gasteiger partial charge in [0.05, 0.1) is 0 Å². The van der Waals surface area contributed by atoms with Crippen molar-refractivity contribution in [3.05, 3.63) is 47.6 Å². The van der Waals surface area contributed by atoms with E-state index in [1.807, 2.05) is 0 Å². The maximum absolute atomic E-state index is 13.4. The molecule has 1 N–H and O–H groups in total. The molecule has 0 saturated heterocycles. The first-order chi connectivity index (χ1) is 7.18. The molecule has 78 valence electrons. The number of benzene rings is 1. The Kier molecular flexibility index (Phi) is 2.54. The molecule has 0 bridgehead atoms. The van der Waals surface area contributed by atoms with Crippen LogP contribution < -0.4 is 0 Å². The van der Waals surface area contributed by atoms with Gasteiger partial charge in [0.2, 0.25) is 0 Å². The fourth-order valence-electron chi connectivity index (χ4n) is 1.60. The van der Waals surface area contributed by atoms with Gasteiger partial charge in [-0.1, -0.05) is 12.1 Å². The van der Waals surface area contributed by atoms with Crippen LogP contribution in [0, 0.1) is 0 Å². The molecule has 0 aliphatic heterocycles. The van der Waals surface area contributed by atoms with Crippen LogP contribution in [0.15, 0.2) is 42.0 Å². The van der Waals surface area contributed by atoms with Crippen molar-refractivity contribution in [3.63, 3.8) is 0 Å². The molecule has 0 amide bonds. The van der Waals surface area contributed by atoms with Gasteiger partial charge in [-0.2, -0.15) is 0 Å². The number of phenolic OH excluding ortho intramolecular Hbond substituents is 1. The molecule has 1 nitrogen and oxygen atoms in total. The molecular weight excluding hydrogens is 198 g/mol. The molecule has 0 heterocycles. The molecule has 0 fully saturated rings. The summed E-state index contributed by atoms with van der Waals surface area (Å²) in [5.74, 6) is -0.870. The zero-order valence-electron chi connectivity index (χ0n) is 8.00. The van der Waals surface area contributed by atoms with Crippen LogP contribution in [0.25, 0.3) is 5.57 Å². The van der Waals surface area contributed by atoms with E-state index in [-0.39, 0.29) is 17.7 Å². The summed E-state index contributed by atoms with van der Waals surface area (Å²) in [4.78, 5) is 0. The van der Waals surface area contributed by atoms with Gasteiger partial charge in [0.25, 0.3) is 0 Å². The van der Waals surface area contributed by atoms with E-state index in [4.69, 9.17) is 5.11 Å². The molecule has 1 aliphatic rings. The topological polar surface area (TPSA) is 20.2 Å². The Morgan fingerprint density at radius 2 is 1.73 bits per heavy atom. The minimum absolute atomic E-state index is 0.0150. The molecule has 0 unspecified atom stereocenters. The average molecular weight is 208 g/mol. The molecule has 15 heavy (non-hydrogen) atoms. The molecule has 0 aromatic heterocycles. The fourth-order valence-corrected chi connectivity index (χ4v) is 1.60. The Bertz CT molecular complexity index is 429. The lowest BCUT2D eigenvalue weighted by Gasteiger charge is -2.12. The van der Waals surface area contributed by atoms with E-state index in [1.54, 1.807) is 0 Å². The second-order valence-corrected chi connectivity index (χ2v) is 3.42. The van der Waals surface area contributed by atoms with E-state index in [0.717, 1.165) is 0 Å². The summed E-state index contributed by atoms with van der Waals surface area (Å²) >= 11 is 0. The summed E-state index contributed by atoms with van der Waals surface area (Å²) in [5.41, 5.74) is 0.472. The van der Waals surface area contributed by atoms with Gasteiger partial charge in [-0.15, -0.1) is 0 Å². The highest BCUT2D eigenvalue weighted by Crippen LogP contribution is 2.35. The van der Waals surface area contributed by atoms with Crippen LogP contribution in [0.2, 0.25) is 0 Å². The van der Waals surface area contributed by atoms with Crippen LogP contribution in [0.4, 0.5) is 8.78 Å². The maximum Gasteiger partial charge on any atom is 0.129 e. The van der Waals surface area contributed by atoms with Gasteiger partial charge >= 0.3 is 0 Å². The van der Waals surface area contributed by atoms with Crippen LogP contribution in [-0.2, 0) is 0 Å². The number of hydrogen-bond acceptors (Lipinski definition) is 1. The molecule has 0 radical (unpaired) electrons. The van der Waals surface area contributed by atoms with Gasteiger partial charge in [0, 0.05) is 12.0 Å². The molecule has 1 aromatic rings. The van der Waals surface area contributed by atoms with Crippen molar-refractivity contribution >= 4 is 5.57 Å². The highest BCUT2D eigenvalue weighted by molar-refractivity contribution is 5.79. The lowest BCUT2D eigenvalue weighted by Crippen LogP contribution is -1.94. The summed E-state index contributed by atoms with van der Waals surface area (Å²) in [7, 11) is 0. The first kappa shape index (κ1) is 9.90. The number of aromatic hydroxyl groups is 1. The lowest BCUT2D eigenvalue weighted by molar-refractivity contribution is 0.475. The highest BCUT2D eigenvalue weighted by Gasteiger charge is 2.17. The zero-order chi connectivity index (χ0) is 10.8. The van der Waals surface area contributed by atoms with Crippen LogP contribution in [0.5, 0.6) is 5.75 Å². The number of halogens is 2. The molecule has 1 aromatic carbocycles. The first-order valence-corrected chi connectivity index (χ1v) is 4.72. The Balaban J connectivity index is 2.46. The second kappa shape index (κ2) is 3.85. The van der Waals surface area contributed by atoms with Crippen molar-refractivity contribution in [3.8, 4) is 5.75 Å². The minimum Gasteiger partial charge on any atom is -0.508 e. The SMILES string of the molecule is Oc1ccc(C2=C(F)CCC=C2F)cc1. The van der Waals surface area contributed by atoms with E-state index in [1.165, 1.54) is 30.3 Å². The van der Waals surface area contributed by atoms with Crippen molar-refractivity contribution < 1.29 is 13.9 Å². The molecule has 0 saturated carbocycles. The Hall–Kier alpha value is -1.64. The number of allylic oxidation sites excluding steroid dienone is 4. The van der Waals surface area contributed by atoms with Crippen LogP contribution in [0.3, 0.4) is 0 Å². The summed E-state index contributed by atoms with van der Waals surface area (Å²) in [5, 5.41) is 9.07. The van der Waals surface area contributed by atoms with Crippen molar-refractivity contribution in [1.82, 2.24) is 0 Å². The Morgan fingerprint density at radius 1 is 1.07 bits per heavy atom. The van der Waals surface area contributed by atoms with Gasteiger partial charge in [0.1, 0.15) is 17.4 Å². The Labute approximate surface area is 86.4 Å².